The smallest absolute Gasteiger partial charge is 0.141 e. The van der Waals surface area contributed by atoms with Gasteiger partial charge in [-0.15, -0.1) is 0 Å². The lowest BCUT2D eigenvalue weighted by Crippen LogP contribution is -2.46. The zero-order valence-electron chi connectivity index (χ0n) is 13.2. The minimum atomic E-state index is -0.331. The number of benzene rings is 1. The van der Waals surface area contributed by atoms with Crippen LogP contribution in [-0.2, 0) is 6.42 Å². The molecule has 21 heavy (non-hydrogen) atoms. The van der Waals surface area contributed by atoms with E-state index in [2.05, 4.69) is 19.2 Å². The maximum atomic E-state index is 13.3. The first kappa shape index (κ1) is 16.8. The van der Waals surface area contributed by atoms with Gasteiger partial charge in [-0.25, -0.2) is 4.39 Å². The van der Waals surface area contributed by atoms with E-state index in [1.165, 1.54) is 38.2 Å². The molecule has 118 valence electrons. The summed E-state index contributed by atoms with van der Waals surface area (Å²) in [7, 11) is 0. The van der Waals surface area contributed by atoms with Gasteiger partial charge in [0.15, 0.2) is 0 Å². The monoisotopic (exact) mass is 311 g/mol. The van der Waals surface area contributed by atoms with Crippen LogP contribution < -0.4 is 5.32 Å². The Balaban J connectivity index is 2.13. The molecule has 0 aliphatic heterocycles. The standard InChI is InChI=1S/C18H27ClFN/c1-3-11-21-17(18(2)9-5-4-6-10-18)13-14-7-8-16(20)15(19)12-14/h7-8,12,17,21H,3-6,9-11,13H2,1-2H3. The van der Waals surface area contributed by atoms with Crippen molar-refractivity contribution in [2.45, 2.75) is 64.8 Å². The largest absolute Gasteiger partial charge is 0.313 e. The van der Waals surface area contributed by atoms with E-state index < -0.39 is 0 Å². The topological polar surface area (TPSA) is 12.0 Å². The van der Waals surface area contributed by atoms with Crippen LogP contribution in [0.4, 0.5) is 4.39 Å². The van der Waals surface area contributed by atoms with E-state index in [0.29, 0.717) is 11.5 Å². The first-order chi connectivity index (χ1) is 10.0. The molecular weight excluding hydrogens is 285 g/mol. The predicted octanol–water partition coefficient (Wildman–Crippen LogP) is 5.36. The molecule has 0 spiro atoms. The molecule has 1 N–H and O–H groups in total. The molecular formula is C18H27ClFN. The molecule has 1 saturated carbocycles. The number of rotatable bonds is 6. The van der Waals surface area contributed by atoms with Crippen molar-refractivity contribution in [2.75, 3.05) is 6.54 Å². The highest BCUT2D eigenvalue weighted by molar-refractivity contribution is 6.30. The third kappa shape index (κ3) is 4.43. The van der Waals surface area contributed by atoms with E-state index in [9.17, 15) is 4.39 Å². The summed E-state index contributed by atoms with van der Waals surface area (Å²) < 4.78 is 13.3. The van der Waals surface area contributed by atoms with Crippen molar-refractivity contribution in [1.29, 1.82) is 0 Å². The Morgan fingerprint density at radius 2 is 2.00 bits per heavy atom. The first-order valence-electron chi connectivity index (χ1n) is 8.22. The Morgan fingerprint density at radius 3 is 2.62 bits per heavy atom. The molecule has 0 heterocycles. The van der Waals surface area contributed by atoms with Crippen LogP contribution in [0.1, 0.15) is 57.9 Å². The summed E-state index contributed by atoms with van der Waals surface area (Å²) in [5.74, 6) is -0.331. The zero-order valence-corrected chi connectivity index (χ0v) is 14.0. The second kappa shape index (κ2) is 7.60. The maximum absolute atomic E-state index is 13.3. The summed E-state index contributed by atoms with van der Waals surface area (Å²) in [6, 6.07) is 5.58. The van der Waals surface area contributed by atoms with Crippen molar-refractivity contribution in [2.24, 2.45) is 5.41 Å². The van der Waals surface area contributed by atoms with Gasteiger partial charge in [0, 0.05) is 6.04 Å². The SMILES string of the molecule is CCCNC(Cc1ccc(F)c(Cl)c1)C1(C)CCCCC1. The Bertz CT molecular complexity index is 455. The molecule has 0 saturated heterocycles. The lowest BCUT2D eigenvalue weighted by molar-refractivity contribution is 0.143. The Morgan fingerprint density at radius 1 is 1.29 bits per heavy atom. The van der Waals surface area contributed by atoms with Crippen LogP contribution >= 0.6 is 11.6 Å². The molecule has 0 bridgehead atoms. The molecule has 1 aliphatic carbocycles. The van der Waals surface area contributed by atoms with Crippen molar-refractivity contribution in [3.8, 4) is 0 Å². The van der Waals surface area contributed by atoms with E-state index in [1.807, 2.05) is 6.07 Å². The Hall–Kier alpha value is -0.600. The molecule has 1 atom stereocenters. The fourth-order valence-electron chi connectivity index (χ4n) is 3.49. The molecule has 0 amide bonds. The van der Waals surface area contributed by atoms with Gasteiger partial charge in [0.05, 0.1) is 5.02 Å². The third-order valence-electron chi connectivity index (χ3n) is 4.90. The molecule has 1 aromatic carbocycles. The molecule has 1 aromatic rings. The minimum Gasteiger partial charge on any atom is -0.313 e. The van der Waals surface area contributed by atoms with Gasteiger partial charge in [-0.05, 0) is 55.3 Å². The highest BCUT2D eigenvalue weighted by Crippen LogP contribution is 2.40. The molecule has 1 aliphatic rings. The van der Waals surface area contributed by atoms with Crippen LogP contribution in [0.3, 0.4) is 0 Å². The van der Waals surface area contributed by atoms with Gasteiger partial charge in [-0.2, -0.15) is 0 Å². The third-order valence-corrected chi connectivity index (χ3v) is 5.19. The molecule has 0 aromatic heterocycles. The van der Waals surface area contributed by atoms with Crippen LogP contribution in [0, 0.1) is 11.2 Å². The van der Waals surface area contributed by atoms with Gasteiger partial charge in [0.25, 0.3) is 0 Å². The minimum absolute atomic E-state index is 0.232. The molecule has 1 unspecified atom stereocenters. The van der Waals surface area contributed by atoms with E-state index in [0.717, 1.165) is 24.9 Å². The first-order valence-corrected chi connectivity index (χ1v) is 8.60. The predicted molar refractivity (Wildman–Crippen MR) is 88.4 cm³/mol. The van der Waals surface area contributed by atoms with Crippen LogP contribution in [0.5, 0.6) is 0 Å². The average molecular weight is 312 g/mol. The van der Waals surface area contributed by atoms with Gasteiger partial charge in [-0.1, -0.05) is 50.8 Å². The fraction of sp³-hybridized carbons (Fsp3) is 0.667. The summed E-state index contributed by atoms with van der Waals surface area (Å²) in [6.07, 6.45) is 8.63. The molecule has 0 radical (unpaired) electrons. The van der Waals surface area contributed by atoms with E-state index in [-0.39, 0.29) is 10.8 Å². The van der Waals surface area contributed by atoms with E-state index >= 15 is 0 Å². The van der Waals surface area contributed by atoms with Gasteiger partial charge >= 0.3 is 0 Å². The van der Waals surface area contributed by atoms with Crippen LogP contribution in [-0.4, -0.2) is 12.6 Å². The zero-order chi connectivity index (χ0) is 15.3. The Kier molecular flexibility index (Phi) is 6.07. The van der Waals surface area contributed by atoms with Gasteiger partial charge in [0.1, 0.15) is 5.82 Å². The summed E-state index contributed by atoms with van der Waals surface area (Å²) in [5.41, 5.74) is 1.47. The van der Waals surface area contributed by atoms with Crippen LogP contribution in [0.25, 0.3) is 0 Å². The Labute approximate surface area is 133 Å². The van der Waals surface area contributed by atoms with Gasteiger partial charge in [0.2, 0.25) is 0 Å². The fourth-order valence-corrected chi connectivity index (χ4v) is 3.70. The van der Waals surface area contributed by atoms with Crippen molar-refractivity contribution < 1.29 is 4.39 Å². The second-order valence-electron chi connectivity index (χ2n) is 6.67. The number of hydrogen-bond acceptors (Lipinski definition) is 1. The van der Waals surface area contributed by atoms with Crippen LogP contribution in [0.15, 0.2) is 18.2 Å². The highest BCUT2D eigenvalue weighted by Gasteiger charge is 2.35. The quantitative estimate of drug-likeness (QED) is 0.745. The molecule has 2 rings (SSSR count). The summed E-state index contributed by atoms with van der Waals surface area (Å²) in [5, 5.41) is 3.96. The number of hydrogen-bond donors (Lipinski definition) is 1. The molecule has 1 nitrogen and oxygen atoms in total. The lowest BCUT2D eigenvalue weighted by Gasteiger charge is -2.41. The summed E-state index contributed by atoms with van der Waals surface area (Å²) in [4.78, 5) is 0. The molecule has 1 fully saturated rings. The highest BCUT2D eigenvalue weighted by atomic mass is 35.5. The summed E-state index contributed by atoms with van der Waals surface area (Å²) >= 11 is 5.93. The van der Waals surface area contributed by atoms with E-state index in [4.69, 9.17) is 11.6 Å². The summed E-state index contributed by atoms with van der Waals surface area (Å²) in [6.45, 7) is 5.64. The van der Waals surface area contributed by atoms with Crippen LogP contribution in [0.2, 0.25) is 5.02 Å². The van der Waals surface area contributed by atoms with E-state index in [1.54, 1.807) is 6.07 Å². The van der Waals surface area contributed by atoms with Gasteiger partial charge < -0.3 is 5.32 Å². The maximum Gasteiger partial charge on any atom is 0.141 e. The van der Waals surface area contributed by atoms with Crippen molar-refractivity contribution in [1.82, 2.24) is 5.32 Å². The second-order valence-corrected chi connectivity index (χ2v) is 7.08. The molecule has 3 heteroatoms. The lowest BCUT2D eigenvalue weighted by atomic mass is 9.69. The number of halogens is 2. The van der Waals surface area contributed by atoms with Crippen molar-refractivity contribution in [3.05, 3.63) is 34.6 Å². The van der Waals surface area contributed by atoms with Gasteiger partial charge in [-0.3, -0.25) is 0 Å². The van der Waals surface area contributed by atoms with Crippen molar-refractivity contribution in [3.63, 3.8) is 0 Å². The van der Waals surface area contributed by atoms with Crippen molar-refractivity contribution >= 4 is 11.6 Å². The normalized spacial score (nSPS) is 19.4. The number of nitrogens with one attached hydrogen (secondary N) is 1. The average Bonchev–Trinajstić information content (AvgIpc) is 2.47.